The third kappa shape index (κ3) is 6.96. The van der Waals surface area contributed by atoms with Crippen LogP contribution < -0.4 is 10.1 Å². The fourth-order valence-corrected chi connectivity index (χ4v) is 4.46. The van der Waals surface area contributed by atoms with Crippen molar-refractivity contribution in [1.29, 1.82) is 0 Å². The lowest BCUT2D eigenvalue weighted by Gasteiger charge is -2.27. The molecule has 1 aromatic carbocycles. The summed E-state index contributed by atoms with van der Waals surface area (Å²) in [6, 6.07) is -0.955. The van der Waals surface area contributed by atoms with E-state index in [1.807, 2.05) is 0 Å². The summed E-state index contributed by atoms with van der Waals surface area (Å²) in [7, 11) is 0. The predicted octanol–water partition coefficient (Wildman–Crippen LogP) is 7.72. The van der Waals surface area contributed by atoms with E-state index in [0.29, 0.717) is 6.42 Å². The van der Waals surface area contributed by atoms with E-state index in [2.05, 4.69) is 5.32 Å². The number of esters is 1. The molecule has 0 saturated heterocycles. The molecule has 0 bridgehead atoms. The Morgan fingerprint density at radius 3 is 1.93 bits per heavy atom. The number of carbonyl (C=O) groups is 2. The lowest BCUT2D eigenvalue weighted by atomic mass is 9.85. The maximum Gasteiger partial charge on any atom is 0.408 e. The maximum atomic E-state index is 13.0. The SMILES string of the molecule is CC(C)(C)OC(=O)N[C@@H](CC1CCCCC1)C(=O)Oc1c(Cl)c(Cl)c(Cl)c(Cl)c1Cl. The van der Waals surface area contributed by atoms with E-state index < -0.39 is 23.7 Å². The standard InChI is InChI=1S/C20H24Cl5NO4/c1-20(2,3)30-19(28)26-11(9-10-7-5-4-6-8-10)18(27)29-17-15(24)13(22)12(21)14(23)16(17)25/h10-11H,4-9H2,1-3H3,(H,26,28)/t11-/m0/s1. The van der Waals surface area contributed by atoms with Gasteiger partial charge in [0, 0.05) is 0 Å². The molecule has 0 aliphatic heterocycles. The number of amides is 1. The molecule has 1 aromatic rings. The van der Waals surface area contributed by atoms with Gasteiger partial charge in [0.05, 0.1) is 15.1 Å². The van der Waals surface area contributed by atoms with Crippen LogP contribution in [-0.2, 0) is 9.53 Å². The van der Waals surface area contributed by atoms with Crippen molar-refractivity contribution in [2.75, 3.05) is 0 Å². The Bertz CT molecular complexity index is 774. The normalized spacial score (nSPS) is 16.1. The summed E-state index contributed by atoms with van der Waals surface area (Å²) in [5, 5.41) is 2.11. The Labute approximate surface area is 201 Å². The molecule has 1 atom stereocenters. The first-order valence-corrected chi connectivity index (χ1v) is 11.5. The summed E-state index contributed by atoms with van der Waals surface area (Å²) in [6.07, 6.45) is 4.96. The van der Waals surface area contributed by atoms with Crippen molar-refractivity contribution in [3.8, 4) is 5.75 Å². The lowest BCUT2D eigenvalue weighted by molar-refractivity contribution is -0.137. The van der Waals surface area contributed by atoms with Gasteiger partial charge in [-0.1, -0.05) is 90.1 Å². The van der Waals surface area contributed by atoms with E-state index in [4.69, 9.17) is 67.5 Å². The van der Waals surface area contributed by atoms with Crippen molar-refractivity contribution in [3.05, 3.63) is 25.1 Å². The van der Waals surface area contributed by atoms with E-state index in [1.165, 1.54) is 0 Å². The van der Waals surface area contributed by atoms with Crippen molar-refractivity contribution in [2.24, 2.45) is 5.92 Å². The summed E-state index contributed by atoms with van der Waals surface area (Å²) < 4.78 is 10.7. The fourth-order valence-electron chi connectivity index (χ4n) is 3.27. The molecule has 1 N–H and O–H groups in total. The van der Waals surface area contributed by atoms with Crippen LogP contribution in [0.2, 0.25) is 25.1 Å². The van der Waals surface area contributed by atoms with Gasteiger partial charge in [0.15, 0.2) is 5.75 Å². The van der Waals surface area contributed by atoms with Gasteiger partial charge in [-0.25, -0.2) is 9.59 Å². The Morgan fingerprint density at radius 2 is 1.43 bits per heavy atom. The van der Waals surface area contributed by atoms with Crippen molar-refractivity contribution in [3.63, 3.8) is 0 Å². The minimum Gasteiger partial charge on any atom is -0.444 e. The first kappa shape index (κ1) is 25.7. The molecule has 0 aromatic heterocycles. The van der Waals surface area contributed by atoms with E-state index in [-0.39, 0.29) is 36.8 Å². The minimum atomic E-state index is -0.955. The molecule has 168 valence electrons. The molecule has 30 heavy (non-hydrogen) atoms. The second-order valence-corrected chi connectivity index (χ2v) is 10.1. The van der Waals surface area contributed by atoms with Crippen LogP contribution in [0.4, 0.5) is 4.79 Å². The predicted molar refractivity (Wildman–Crippen MR) is 121 cm³/mol. The average Bonchev–Trinajstić information content (AvgIpc) is 2.67. The molecule has 10 heteroatoms. The highest BCUT2D eigenvalue weighted by molar-refractivity contribution is 6.55. The third-order valence-corrected chi connectivity index (χ3v) is 6.88. The van der Waals surface area contributed by atoms with E-state index >= 15 is 0 Å². The second kappa shape index (κ2) is 10.8. The van der Waals surface area contributed by atoms with Gasteiger partial charge in [0.1, 0.15) is 21.7 Å². The van der Waals surface area contributed by atoms with Gasteiger partial charge < -0.3 is 14.8 Å². The van der Waals surface area contributed by atoms with Crippen LogP contribution in [0.25, 0.3) is 0 Å². The molecule has 2 rings (SSSR count). The zero-order chi connectivity index (χ0) is 22.6. The number of alkyl carbamates (subject to hydrolysis) is 1. The van der Waals surface area contributed by atoms with Crippen LogP contribution in [0.1, 0.15) is 59.3 Å². The van der Waals surface area contributed by atoms with Crippen LogP contribution in [0, 0.1) is 5.92 Å². The van der Waals surface area contributed by atoms with Crippen LogP contribution >= 0.6 is 58.0 Å². The van der Waals surface area contributed by atoms with Gasteiger partial charge in [0.2, 0.25) is 0 Å². The van der Waals surface area contributed by atoms with Crippen molar-refractivity contribution in [2.45, 2.75) is 70.9 Å². The molecular weight excluding hydrogens is 495 g/mol. The summed E-state index contributed by atoms with van der Waals surface area (Å²) in [4.78, 5) is 25.3. The first-order valence-electron chi connectivity index (χ1n) is 9.63. The smallest absolute Gasteiger partial charge is 0.408 e. The van der Waals surface area contributed by atoms with E-state index in [1.54, 1.807) is 20.8 Å². The zero-order valence-corrected chi connectivity index (χ0v) is 20.7. The maximum absolute atomic E-state index is 13.0. The summed E-state index contributed by atoms with van der Waals surface area (Å²) in [6.45, 7) is 5.20. The van der Waals surface area contributed by atoms with Gasteiger partial charge in [-0.3, -0.25) is 0 Å². The van der Waals surface area contributed by atoms with Crippen LogP contribution in [0.3, 0.4) is 0 Å². The Hall–Kier alpha value is -0.590. The second-order valence-electron chi connectivity index (χ2n) is 8.26. The fraction of sp³-hybridized carbons (Fsp3) is 0.600. The summed E-state index contributed by atoms with van der Waals surface area (Å²) in [5.41, 5.74) is -0.715. The minimum absolute atomic E-state index is 0.0428. The number of hydrogen-bond donors (Lipinski definition) is 1. The quantitative estimate of drug-likeness (QED) is 0.187. The topological polar surface area (TPSA) is 64.6 Å². The number of carbonyl (C=O) groups excluding carboxylic acids is 2. The molecular formula is C20H24Cl5NO4. The molecule has 5 nitrogen and oxygen atoms in total. The monoisotopic (exact) mass is 517 g/mol. The molecule has 1 fully saturated rings. The molecule has 0 radical (unpaired) electrons. The summed E-state index contributed by atoms with van der Waals surface area (Å²) >= 11 is 30.4. The van der Waals surface area contributed by atoms with Gasteiger partial charge in [-0.15, -0.1) is 0 Å². The number of nitrogens with one attached hydrogen (secondary N) is 1. The van der Waals surface area contributed by atoms with Gasteiger partial charge in [-0.2, -0.15) is 0 Å². The lowest BCUT2D eigenvalue weighted by Crippen LogP contribution is -2.46. The zero-order valence-electron chi connectivity index (χ0n) is 16.9. The van der Waals surface area contributed by atoms with E-state index in [9.17, 15) is 9.59 Å². The molecule has 0 heterocycles. The van der Waals surface area contributed by atoms with Gasteiger partial charge in [-0.05, 0) is 33.1 Å². The number of hydrogen-bond acceptors (Lipinski definition) is 4. The van der Waals surface area contributed by atoms with Crippen LogP contribution in [0.15, 0.2) is 0 Å². The Kier molecular flexibility index (Phi) is 9.26. The van der Waals surface area contributed by atoms with Crippen LogP contribution in [0.5, 0.6) is 5.75 Å². The number of halogens is 5. The molecule has 1 aliphatic rings. The molecule has 1 amide bonds. The van der Waals surface area contributed by atoms with E-state index in [0.717, 1.165) is 32.1 Å². The molecule has 1 aliphatic carbocycles. The molecule has 0 spiro atoms. The highest BCUT2D eigenvalue weighted by Gasteiger charge is 2.31. The highest BCUT2D eigenvalue weighted by atomic mass is 35.5. The van der Waals surface area contributed by atoms with Crippen molar-refractivity contribution in [1.82, 2.24) is 5.32 Å². The van der Waals surface area contributed by atoms with Gasteiger partial charge >= 0.3 is 12.1 Å². The Balaban J connectivity index is 2.24. The van der Waals surface area contributed by atoms with Crippen LogP contribution in [-0.4, -0.2) is 23.7 Å². The van der Waals surface area contributed by atoms with Gasteiger partial charge in [0.25, 0.3) is 0 Å². The summed E-state index contributed by atoms with van der Waals surface area (Å²) in [5.74, 6) is -0.679. The molecule has 0 unspecified atom stereocenters. The van der Waals surface area contributed by atoms with Crippen molar-refractivity contribution >= 4 is 70.1 Å². The first-order chi connectivity index (χ1) is 13.9. The molecule has 1 saturated carbocycles. The number of ether oxygens (including phenoxy) is 2. The Morgan fingerprint density at radius 1 is 0.933 bits per heavy atom. The highest BCUT2D eigenvalue weighted by Crippen LogP contribution is 2.48. The number of benzene rings is 1. The largest absolute Gasteiger partial charge is 0.444 e. The average molecular weight is 520 g/mol. The third-order valence-electron chi connectivity index (χ3n) is 4.64. The number of rotatable bonds is 5. The van der Waals surface area contributed by atoms with Crippen molar-refractivity contribution < 1.29 is 19.1 Å².